The number of fused-ring (bicyclic) bond motifs is 2. The van der Waals surface area contributed by atoms with Gasteiger partial charge in [-0.3, -0.25) is 9.98 Å². The lowest BCUT2D eigenvalue weighted by Gasteiger charge is -2.05. The Hall–Kier alpha value is -3.17. The maximum absolute atomic E-state index is 5.73. The van der Waals surface area contributed by atoms with Gasteiger partial charge in [-0.25, -0.2) is 0 Å². The van der Waals surface area contributed by atoms with Crippen LogP contribution in [0.2, 0.25) is 0 Å². The number of aromatic nitrogens is 5. The minimum atomic E-state index is 0.641. The fourth-order valence-corrected chi connectivity index (χ4v) is 3.92. The third-order valence-electron chi connectivity index (χ3n) is 4.51. The van der Waals surface area contributed by atoms with Gasteiger partial charge in [0.15, 0.2) is 5.82 Å². The molecule has 0 aliphatic rings. The van der Waals surface area contributed by atoms with E-state index >= 15 is 0 Å². The van der Waals surface area contributed by atoms with Gasteiger partial charge in [0.1, 0.15) is 5.01 Å². The summed E-state index contributed by atoms with van der Waals surface area (Å²) in [5.74, 6) is 0.822. The number of nitrogens with two attached hydrogens (primary N) is 1. The predicted molar refractivity (Wildman–Crippen MR) is 117 cm³/mol. The molecule has 0 saturated heterocycles. The third-order valence-corrected chi connectivity index (χ3v) is 5.41. The molecule has 0 saturated carbocycles. The highest BCUT2D eigenvalue weighted by Crippen LogP contribution is 2.21. The minimum absolute atomic E-state index is 0.641. The number of hydrogen-bond acceptors (Lipinski definition) is 8. The molecule has 8 nitrogen and oxygen atoms in total. The predicted octanol–water partition coefficient (Wildman–Crippen LogP) is 2.43. The van der Waals surface area contributed by atoms with Gasteiger partial charge >= 0.3 is 0 Å². The lowest BCUT2D eigenvalue weighted by molar-refractivity contribution is 0.703. The van der Waals surface area contributed by atoms with Crippen LogP contribution in [0.1, 0.15) is 28.9 Å². The number of nitrogens with zero attached hydrogens (tertiary/aromatic N) is 6. The molecule has 0 bridgehead atoms. The Balaban J connectivity index is 1.64. The Morgan fingerprint density at radius 2 is 2.21 bits per heavy atom. The van der Waals surface area contributed by atoms with Gasteiger partial charge in [-0.15, -0.1) is 10.2 Å². The van der Waals surface area contributed by atoms with Crippen LogP contribution in [-0.4, -0.2) is 44.6 Å². The molecular formula is C20H22N8S. The van der Waals surface area contributed by atoms with E-state index in [1.165, 1.54) is 0 Å². The van der Waals surface area contributed by atoms with Crippen molar-refractivity contribution >= 4 is 39.0 Å². The molecular weight excluding hydrogens is 384 g/mol. The Kier molecular flexibility index (Phi) is 5.59. The number of pyridine rings is 1. The number of aliphatic imine (C=N–C) groups is 1. The van der Waals surface area contributed by atoms with Gasteiger partial charge in [-0.2, -0.15) is 9.61 Å². The largest absolute Gasteiger partial charge is 0.404 e. The normalized spacial score (nSPS) is 12.6. The highest BCUT2D eigenvalue weighted by atomic mass is 32.1. The maximum Gasteiger partial charge on any atom is 0.234 e. The van der Waals surface area contributed by atoms with Gasteiger partial charge in [0.05, 0.1) is 5.52 Å². The monoisotopic (exact) mass is 406 g/mol. The zero-order chi connectivity index (χ0) is 20.2. The summed E-state index contributed by atoms with van der Waals surface area (Å²) >= 11 is 1.56. The lowest BCUT2D eigenvalue weighted by atomic mass is 10.0. The van der Waals surface area contributed by atoms with Gasteiger partial charge in [0.25, 0.3) is 0 Å². The highest BCUT2D eigenvalue weighted by Gasteiger charge is 2.12. The maximum atomic E-state index is 5.73. The SMILES string of the molecule is CCNCc1nn2c(Cc3ccc4ncc(/C(C=NC)=C/N)cc4c3)nnc2s1. The number of nitrogens with one attached hydrogen (secondary N) is 1. The molecule has 148 valence electrons. The second kappa shape index (κ2) is 8.46. The van der Waals surface area contributed by atoms with Crippen LogP contribution >= 0.6 is 11.3 Å². The van der Waals surface area contributed by atoms with Crippen molar-refractivity contribution in [3.8, 4) is 0 Å². The molecule has 4 rings (SSSR count). The molecule has 3 aromatic heterocycles. The fraction of sp³-hybridized carbons (Fsp3) is 0.250. The van der Waals surface area contributed by atoms with Crippen molar-refractivity contribution in [2.24, 2.45) is 10.7 Å². The van der Waals surface area contributed by atoms with E-state index in [1.807, 2.05) is 16.8 Å². The van der Waals surface area contributed by atoms with Gasteiger partial charge in [-0.05, 0) is 30.3 Å². The summed E-state index contributed by atoms with van der Waals surface area (Å²) in [7, 11) is 1.72. The Labute approximate surface area is 172 Å². The molecule has 29 heavy (non-hydrogen) atoms. The van der Waals surface area contributed by atoms with Crippen LogP contribution in [0.4, 0.5) is 0 Å². The summed E-state index contributed by atoms with van der Waals surface area (Å²) < 4.78 is 1.84. The van der Waals surface area contributed by atoms with Crippen molar-refractivity contribution in [2.75, 3.05) is 13.6 Å². The molecule has 1 aromatic carbocycles. The van der Waals surface area contributed by atoms with E-state index < -0.39 is 0 Å². The zero-order valence-electron chi connectivity index (χ0n) is 16.3. The number of rotatable bonds is 7. The summed E-state index contributed by atoms with van der Waals surface area (Å²) in [6, 6.07) is 8.28. The molecule has 0 radical (unpaired) electrons. The van der Waals surface area contributed by atoms with E-state index in [2.05, 4.69) is 55.7 Å². The van der Waals surface area contributed by atoms with Crippen LogP contribution < -0.4 is 11.1 Å². The Bertz CT molecular complexity index is 1200. The standard InChI is InChI=1S/C20H22N8S/c1-3-23-12-19-27-28-18(25-26-20(28)29-19)7-13-4-5-17-14(6-13)8-15(11-24-17)16(9-21)10-22-2/h4-6,8-11,23H,3,7,12,21H2,1-2H3/b16-9+,22-10?. The van der Waals surface area contributed by atoms with Crippen molar-refractivity contribution in [3.05, 3.63) is 58.6 Å². The van der Waals surface area contributed by atoms with Crippen LogP contribution in [0.3, 0.4) is 0 Å². The lowest BCUT2D eigenvalue weighted by Crippen LogP contribution is -2.11. The van der Waals surface area contributed by atoms with Gasteiger partial charge < -0.3 is 11.1 Å². The first kappa shape index (κ1) is 19.2. The summed E-state index contributed by atoms with van der Waals surface area (Å²) in [5.41, 5.74) is 9.54. The third kappa shape index (κ3) is 4.01. The topological polar surface area (TPSA) is 106 Å². The van der Waals surface area contributed by atoms with E-state index in [1.54, 1.807) is 30.8 Å². The van der Waals surface area contributed by atoms with Crippen LogP contribution in [-0.2, 0) is 13.0 Å². The molecule has 0 atom stereocenters. The Morgan fingerprint density at radius 3 is 3.00 bits per heavy atom. The highest BCUT2D eigenvalue weighted by molar-refractivity contribution is 7.16. The molecule has 0 fully saturated rings. The van der Waals surface area contributed by atoms with E-state index in [-0.39, 0.29) is 0 Å². The van der Waals surface area contributed by atoms with Crippen molar-refractivity contribution < 1.29 is 0 Å². The summed E-state index contributed by atoms with van der Waals surface area (Å²) in [6.07, 6.45) is 5.72. The molecule has 3 N–H and O–H groups in total. The van der Waals surface area contributed by atoms with Crippen LogP contribution in [0.15, 0.2) is 41.7 Å². The number of benzene rings is 1. The van der Waals surface area contributed by atoms with Gasteiger partial charge in [0, 0.05) is 55.1 Å². The zero-order valence-corrected chi connectivity index (χ0v) is 17.1. The van der Waals surface area contributed by atoms with E-state index in [4.69, 9.17) is 5.73 Å². The van der Waals surface area contributed by atoms with Crippen molar-refractivity contribution in [1.29, 1.82) is 0 Å². The second-order valence-corrected chi connectivity index (χ2v) is 7.56. The van der Waals surface area contributed by atoms with Crippen LogP contribution in [0, 0.1) is 0 Å². The van der Waals surface area contributed by atoms with E-state index in [9.17, 15) is 0 Å². The molecule has 0 amide bonds. The smallest absolute Gasteiger partial charge is 0.234 e. The molecule has 3 heterocycles. The second-order valence-electron chi connectivity index (χ2n) is 6.52. The first-order valence-electron chi connectivity index (χ1n) is 9.35. The van der Waals surface area contributed by atoms with Crippen molar-refractivity contribution in [1.82, 2.24) is 30.1 Å². The van der Waals surface area contributed by atoms with E-state index in [0.29, 0.717) is 6.42 Å². The van der Waals surface area contributed by atoms with Gasteiger partial charge in [0.2, 0.25) is 4.96 Å². The fourth-order valence-electron chi connectivity index (χ4n) is 3.10. The summed E-state index contributed by atoms with van der Waals surface area (Å²) in [5, 5.41) is 18.6. The summed E-state index contributed by atoms with van der Waals surface area (Å²) in [6.45, 7) is 3.73. The molecule has 4 aromatic rings. The first-order valence-corrected chi connectivity index (χ1v) is 10.2. The van der Waals surface area contributed by atoms with Crippen LogP contribution in [0.5, 0.6) is 0 Å². The molecule has 9 heteroatoms. The van der Waals surface area contributed by atoms with Crippen molar-refractivity contribution in [3.63, 3.8) is 0 Å². The Morgan fingerprint density at radius 1 is 1.31 bits per heavy atom. The summed E-state index contributed by atoms with van der Waals surface area (Å²) in [4.78, 5) is 9.41. The van der Waals surface area contributed by atoms with Crippen molar-refractivity contribution in [2.45, 2.75) is 19.9 Å². The molecule has 0 spiro atoms. The molecule has 0 aliphatic heterocycles. The van der Waals surface area contributed by atoms with Crippen LogP contribution in [0.25, 0.3) is 21.4 Å². The average Bonchev–Trinajstić information content (AvgIpc) is 3.31. The molecule has 0 aliphatic carbocycles. The number of allylic oxidation sites excluding steroid dienone is 1. The minimum Gasteiger partial charge on any atom is -0.404 e. The molecule has 0 unspecified atom stereocenters. The van der Waals surface area contributed by atoms with Gasteiger partial charge in [-0.1, -0.05) is 24.3 Å². The number of hydrogen-bond donors (Lipinski definition) is 2. The van der Waals surface area contributed by atoms with E-state index in [0.717, 1.165) is 56.5 Å². The quantitative estimate of drug-likeness (QED) is 0.457. The average molecular weight is 407 g/mol. The first-order chi connectivity index (χ1) is 14.2.